The van der Waals surface area contributed by atoms with E-state index in [1.54, 1.807) is 0 Å². The van der Waals surface area contributed by atoms with Crippen molar-refractivity contribution in [3.05, 3.63) is 0 Å². The highest BCUT2D eigenvalue weighted by Crippen LogP contribution is 2.19. The Morgan fingerprint density at radius 2 is 2.13 bits per heavy atom. The lowest BCUT2D eigenvalue weighted by atomic mass is 9.94. The maximum Gasteiger partial charge on any atom is 0.248 e. The Balaban J connectivity index is 2.18. The molecule has 0 aromatic carbocycles. The van der Waals surface area contributed by atoms with Crippen molar-refractivity contribution < 1.29 is 9.53 Å². The Kier molecular flexibility index (Phi) is 5.65. The second-order valence-electron chi connectivity index (χ2n) is 4.07. The van der Waals surface area contributed by atoms with Gasteiger partial charge in [0.1, 0.15) is 6.61 Å². The van der Waals surface area contributed by atoms with Gasteiger partial charge in [-0.1, -0.05) is 13.3 Å². The second kappa shape index (κ2) is 6.80. The highest BCUT2D eigenvalue weighted by molar-refractivity contribution is 5.77. The van der Waals surface area contributed by atoms with Crippen LogP contribution in [0.1, 0.15) is 26.2 Å². The number of hydrogen-bond donors (Lipinski definition) is 1. The molecule has 1 aliphatic heterocycles. The molecule has 0 bridgehead atoms. The summed E-state index contributed by atoms with van der Waals surface area (Å²) in [6.45, 7) is 5.13. The first kappa shape index (κ1) is 12.5. The number of piperidine rings is 1. The molecule has 2 N–H and O–H groups in total. The fraction of sp³-hybridized carbons (Fsp3) is 0.909. The molecule has 0 aromatic rings. The van der Waals surface area contributed by atoms with Gasteiger partial charge in [-0.05, 0) is 18.8 Å². The zero-order valence-electron chi connectivity index (χ0n) is 9.58. The minimum Gasteiger partial charge on any atom is -0.370 e. The summed E-state index contributed by atoms with van der Waals surface area (Å²) >= 11 is 0. The normalized spacial score (nSPS) is 18.1. The third kappa shape index (κ3) is 4.18. The fourth-order valence-electron chi connectivity index (χ4n) is 1.92. The quantitative estimate of drug-likeness (QED) is 0.682. The molecule has 4 nitrogen and oxygen atoms in total. The summed E-state index contributed by atoms with van der Waals surface area (Å²) in [6, 6.07) is 0. The average Bonchev–Trinajstić information content (AvgIpc) is 2.29. The van der Waals surface area contributed by atoms with Crippen molar-refractivity contribution >= 4 is 5.91 Å². The van der Waals surface area contributed by atoms with E-state index in [9.17, 15) is 4.79 Å². The van der Waals surface area contributed by atoms with Gasteiger partial charge in [0.2, 0.25) is 5.91 Å². The van der Waals surface area contributed by atoms with Crippen molar-refractivity contribution in [2.24, 2.45) is 11.7 Å². The standard InChI is InChI=1S/C11H22N2O2/c1-2-10-3-6-13(7-4-10)11(14)9-15-8-5-12/h10H,2-9,12H2,1H3. The van der Waals surface area contributed by atoms with Crippen LogP contribution in [0.3, 0.4) is 0 Å². The fourth-order valence-corrected chi connectivity index (χ4v) is 1.92. The predicted octanol–water partition coefficient (Wildman–Crippen LogP) is 0.610. The molecule has 4 heteroatoms. The number of likely N-dealkylation sites (tertiary alicyclic amines) is 1. The maximum atomic E-state index is 11.6. The Bertz CT molecular complexity index is 189. The SMILES string of the molecule is CCC1CCN(C(=O)COCCN)CC1. The van der Waals surface area contributed by atoms with Crippen LogP contribution in [0.5, 0.6) is 0 Å². The van der Waals surface area contributed by atoms with Gasteiger partial charge in [-0.2, -0.15) is 0 Å². The molecule has 0 aromatic heterocycles. The lowest BCUT2D eigenvalue weighted by Gasteiger charge is -2.31. The Morgan fingerprint density at radius 1 is 1.47 bits per heavy atom. The summed E-state index contributed by atoms with van der Waals surface area (Å²) in [5.74, 6) is 0.914. The number of ether oxygens (including phenoxy) is 1. The van der Waals surface area contributed by atoms with Gasteiger partial charge >= 0.3 is 0 Å². The number of nitrogens with zero attached hydrogens (tertiary/aromatic N) is 1. The molecule has 0 radical (unpaired) electrons. The zero-order valence-corrected chi connectivity index (χ0v) is 9.58. The van der Waals surface area contributed by atoms with Gasteiger partial charge in [0.15, 0.2) is 0 Å². The van der Waals surface area contributed by atoms with E-state index >= 15 is 0 Å². The molecule has 1 rings (SSSR count). The van der Waals surface area contributed by atoms with Crippen LogP contribution in [0.4, 0.5) is 0 Å². The summed E-state index contributed by atoms with van der Waals surface area (Å²) in [4.78, 5) is 13.5. The van der Waals surface area contributed by atoms with Crippen LogP contribution >= 0.6 is 0 Å². The number of rotatable bonds is 5. The van der Waals surface area contributed by atoms with E-state index in [1.165, 1.54) is 6.42 Å². The average molecular weight is 214 g/mol. The van der Waals surface area contributed by atoms with E-state index in [4.69, 9.17) is 10.5 Å². The van der Waals surface area contributed by atoms with Crippen LogP contribution in [0, 0.1) is 5.92 Å². The predicted molar refractivity (Wildman–Crippen MR) is 59.5 cm³/mol. The summed E-state index contributed by atoms with van der Waals surface area (Å²) < 4.78 is 5.13. The molecule has 1 fully saturated rings. The van der Waals surface area contributed by atoms with E-state index in [0.29, 0.717) is 13.2 Å². The van der Waals surface area contributed by atoms with Gasteiger partial charge in [-0.3, -0.25) is 4.79 Å². The number of nitrogens with two attached hydrogens (primary N) is 1. The highest BCUT2D eigenvalue weighted by Gasteiger charge is 2.21. The summed E-state index contributed by atoms with van der Waals surface area (Å²) in [5.41, 5.74) is 5.28. The topological polar surface area (TPSA) is 55.6 Å². The van der Waals surface area contributed by atoms with Gasteiger partial charge < -0.3 is 15.4 Å². The van der Waals surface area contributed by atoms with E-state index in [0.717, 1.165) is 31.8 Å². The summed E-state index contributed by atoms with van der Waals surface area (Å²) in [7, 11) is 0. The molecule has 1 aliphatic rings. The molecular formula is C11H22N2O2. The Labute approximate surface area is 91.8 Å². The third-order valence-electron chi connectivity index (χ3n) is 3.03. The van der Waals surface area contributed by atoms with Crippen molar-refractivity contribution in [1.82, 2.24) is 4.90 Å². The smallest absolute Gasteiger partial charge is 0.248 e. The van der Waals surface area contributed by atoms with E-state index < -0.39 is 0 Å². The number of carbonyl (C=O) groups excluding carboxylic acids is 1. The highest BCUT2D eigenvalue weighted by atomic mass is 16.5. The van der Waals surface area contributed by atoms with Crippen LogP contribution in [0.25, 0.3) is 0 Å². The largest absolute Gasteiger partial charge is 0.370 e. The molecule has 15 heavy (non-hydrogen) atoms. The number of amides is 1. The lowest BCUT2D eigenvalue weighted by Crippen LogP contribution is -2.40. The monoisotopic (exact) mass is 214 g/mol. The Morgan fingerprint density at radius 3 is 2.67 bits per heavy atom. The van der Waals surface area contributed by atoms with Crippen LogP contribution < -0.4 is 5.73 Å². The zero-order chi connectivity index (χ0) is 11.1. The minimum atomic E-state index is 0.109. The van der Waals surface area contributed by atoms with Gasteiger partial charge in [-0.15, -0.1) is 0 Å². The molecule has 0 saturated carbocycles. The first-order valence-electron chi connectivity index (χ1n) is 5.83. The first-order chi connectivity index (χ1) is 7.27. The van der Waals surface area contributed by atoms with Crippen LogP contribution in [0.2, 0.25) is 0 Å². The minimum absolute atomic E-state index is 0.109. The molecule has 0 spiro atoms. The lowest BCUT2D eigenvalue weighted by molar-refractivity contribution is -0.137. The van der Waals surface area contributed by atoms with Crippen LogP contribution in [-0.4, -0.2) is 43.7 Å². The molecule has 88 valence electrons. The van der Waals surface area contributed by atoms with E-state index in [2.05, 4.69) is 6.92 Å². The molecule has 1 heterocycles. The maximum absolute atomic E-state index is 11.6. The van der Waals surface area contributed by atoms with E-state index in [1.807, 2.05) is 4.90 Å². The molecular weight excluding hydrogens is 192 g/mol. The van der Waals surface area contributed by atoms with Gasteiger partial charge in [0, 0.05) is 19.6 Å². The van der Waals surface area contributed by atoms with Crippen LogP contribution in [0.15, 0.2) is 0 Å². The summed E-state index contributed by atoms with van der Waals surface area (Å²) in [5, 5.41) is 0. The van der Waals surface area contributed by atoms with Crippen LogP contribution in [-0.2, 0) is 9.53 Å². The Hall–Kier alpha value is -0.610. The van der Waals surface area contributed by atoms with Gasteiger partial charge in [0.05, 0.1) is 6.61 Å². The van der Waals surface area contributed by atoms with Crippen molar-refractivity contribution in [3.8, 4) is 0 Å². The van der Waals surface area contributed by atoms with Crippen molar-refractivity contribution in [3.63, 3.8) is 0 Å². The molecule has 0 unspecified atom stereocenters. The number of carbonyl (C=O) groups is 1. The van der Waals surface area contributed by atoms with E-state index in [-0.39, 0.29) is 12.5 Å². The van der Waals surface area contributed by atoms with Gasteiger partial charge in [-0.25, -0.2) is 0 Å². The third-order valence-corrected chi connectivity index (χ3v) is 3.03. The summed E-state index contributed by atoms with van der Waals surface area (Å²) in [6.07, 6.45) is 3.50. The molecule has 1 amide bonds. The van der Waals surface area contributed by atoms with Crippen molar-refractivity contribution in [2.75, 3.05) is 32.8 Å². The molecule has 0 atom stereocenters. The molecule has 0 aliphatic carbocycles. The van der Waals surface area contributed by atoms with Crippen molar-refractivity contribution in [2.45, 2.75) is 26.2 Å². The van der Waals surface area contributed by atoms with Crippen molar-refractivity contribution in [1.29, 1.82) is 0 Å². The van der Waals surface area contributed by atoms with Gasteiger partial charge in [0.25, 0.3) is 0 Å². The second-order valence-corrected chi connectivity index (χ2v) is 4.07. The number of hydrogen-bond acceptors (Lipinski definition) is 3. The molecule has 1 saturated heterocycles. The first-order valence-corrected chi connectivity index (χ1v) is 5.83.